The molecule has 0 aliphatic carbocycles. The second-order valence-electron chi connectivity index (χ2n) is 5.17. The van der Waals surface area contributed by atoms with Gasteiger partial charge < -0.3 is 10.6 Å². The van der Waals surface area contributed by atoms with Crippen molar-refractivity contribution in [3.8, 4) is 0 Å². The highest BCUT2D eigenvalue weighted by Gasteiger charge is 2.13. The minimum atomic E-state index is 0.431. The maximum atomic E-state index is 5.86. The van der Waals surface area contributed by atoms with Crippen LogP contribution in [0.15, 0.2) is 36.4 Å². The van der Waals surface area contributed by atoms with Crippen molar-refractivity contribution in [2.24, 2.45) is 5.73 Å². The molecule has 2 aromatic rings. The molecule has 0 spiro atoms. The summed E-state index contributed by atoms with van der Waals surface area (Å²) in [6.45, 7) is 7.83. The molecule has 0 unspecified atom stereocenters. The molecule has 1 heterocycles. The predicted octanol–water partition coefficient (Wildman–Crippen LogP) is 3.36. The Balaban J connectivity index is 2.37. The van der Waals surface area contributed by atoms with Crippen LogP contribution in [0, 0.1) is 13.8 Å². The molecule has 1 aromatic carbocycles. The molecular weight excluding hydrogens is 278 g/mol. The van der Waals surface area contributed by atoms with Gasteiger partial charge in [0.2, 0.25) is 0 Å². The smallest absolute Gasteiger partial charge is 0.106 e. The Morgan fingerprint density at radius 2 is 2.00 bits per heavy atom. The summed E-state index contributed by atoms with van der Waals surface area (Å²) < 4.78 is 0. The number of benzene rings is 1. The molecule has 0 amide bonds. The molecule has 0 aliphatic heterocycles. The first-order chi connectivity index (χ1) is 10.0. The van der Waals surface area contributed by atoms with Crippen LogP contribution in [-0.4, -0.2) is 16.5 Å². The van der Waals surface area contributed by atoms with Crippen LogP contribution in [-0.2, 0) is 6.54 Å². The molecule has 0 saturated heterocycles. The van der Waals surface area contributed by atoms with Crippen molar-refractivity contribution in [3.05, 3.63) is 58.9 Å². The molecule has 21 heavy (non-hydrogen) atoms. The average molecular weight is 299 g/mol. The molecular formula is C17H21N3S. The topological polar surface area (TPSA) is 42.2 Å². The molecule has 110 valence electrons. The summed E-state index contributed by atoms with van der Waals surface area (Å²) in [7, 11) is 0. The quantitative estimate of drug-likeness (QED) is 0.860. The lowest BCUT2D eigenvalue weighted by Crippen LogP contribution is -2.26. The molecule has 0 radical (unpaired) electrons. The number of rotatable bonds is 5. The normalized spacial score (nSPS) is 10.4. The minimum Gasteiger partial charge on any atom is -0.389 e. The molecule has 0 aliphatic rings. The number of nitrogens with zero attached hydrogens (tertiary/aromatic N) is 2. The van der Waals surface area contributed by atoms with Crippen molar-refractivity contribution in [2.45, 2.75) is 27.3 Å². The van der Waals surface area contributed by atoms with Crippen LogP contribution in [0.3, 0.4) is 0 Å². The molecule has 2 rings (SSSR count). The Morgan fingerprint density at radius 1 is 1.24 bits per heavy atom. The van der Waals surface area contributed by atoms with Crippen LogP contribution in [0.1, 0.15) is 29.4 Å². The van der Waals surface area contributed by atoms with Crippen LogP contribution in [0.5, 0.6) is 0 Å². The Morgan fingerprint density at radius 3 is 2.62 bits per heavy atom. The zero-order valence-corrected chi connectivity index (χ0v) is 13.6. The number of hydrogen-bond acceptors (Lipinski definition) is 3. The van der Waals surface area contributed by atoms with Crippen LogP contribution in [0.2, 0.25) is 0 Å². The van der Waals surface area contributed by atoms with Crippen LogP contribution in [0.25, 0.3) is 0 Å². The van der Waals surface area contributed by atoms with E-state index in [0.717, 1.165) is 35.7 Å². The Kier molecular flexibility index (Phi) is 4.91. The number of aromatic nitrogens is 1. The van der Waals surface area contributed by atoms with Crippen molar-refractivity contribution < 1.29 is 0 Å². The van der Waals surface area contributed by atoms with E-state index in [9.17, 15) is 0 Å². The zero-order chi connectivity index (χ0) is 15.4. The van der Waals surface area contributed by atoms with E-state index in [2.05, 4.69) is 29.8 Å². The fourth-order valence-corrected chi connectivity index (χ4v) is 2.53. The van der Waals surface area contributed by atoms with Crippen LogP contribution in [0.4, 0.5) is 5.69 Å². The maximum Gasteiger partial charge on any atom is 0.106 e. The summed E-state index contributed by atoms with van der Waals surface area (Å²) in [4.78, 5) is 7.26. The van der Waals surface area contributed by atoms with Crippen molar-refractivity contribution >= 4 is 22.9 Å². The fourth-order valence-electron chi connectivity index (χ4n) is 2.36. The van der Waals surface area contributed by atoms with Crippen molar-refractivity contribution in [1.82, 2.24) is 4.98 Å². The number of hydrogen-bond donors (Lipinski definition) is 1. The van der Waals surface area contributed by atoms with E-state index in [-0.39, 0.29) is 0 Å². The minimum absolute atomic E-state index is 0.431. The van der Waals surface area contributed by atoms with Gasteiger partial charge >= 0.3 is 0 Å². The van der Waals surface area contributed by atoms with E-state index >= 15 is 0 Å². The van der Waals surface area contributed by atoms with Crippen molar-refractivity contribution in [2.75, 3.05) is 11.4 Å². The summed E-state index contributed by atoms with van der Waals surface area (Å²) in [5.74, 6) is 0. The summed E-state index contributed by atoms with van der Waals surface area (Å²) in [5, 5.41) is 0. The zero-order valence-electron chi connectivity index (χ0n) is 12.8. The Labute approximate surface area is 131 Å². The van der Waals surface area contributed by atoms with Crippen molar-refractivity contribution in [1.29, 1.82) is 0 Å². The highest BCUT2D eigenvalue weighted by atomic mass is 32.1. The molecule has 2 N–H and O–H groups in total. The molecule has 3 nitrogen and oxygen atoms in total. The largest absolute Gasteiger partial charge is 0.389 e. The monoisotopic (exact) mass is 299 g/mol. The Hall–Kier alpha value is -1.94. The molecule has 1 aromatic heterocycles. The fraction of sp³-hybridized carbons (Fsp3) is 0.294. The van der Waals surface area contributed by atoms with E-state index in [1.807, 2.05) is 37.3 Å². The third-order valence-electron chi connectivity index (χ3n) is 3.44. The van der Waals surface area contributed by atoms with Gasteiger partial charge in [0.1, 0.15) is 4.99 Å². The van der Waals surface area contributed by atoms with E-state index in [4.69, 9.17) is 18.0 Å². The van der Waals surface area contributed by atoms with E-state index in [0.29, 0.717) is 4.99 Å². The van der Waals surface area contributed by atoms with E-state index in [1.165, 1.54) is 5.56 Å². The van der Waals surface area contributed by atoms with Gasteiger partial charge in [-0.1, -0.05) is 24.4 Å². The lowest BCUT2D eigenvalue weighted by Gasteiger charge is -2.25. The molecule has 4 heteroatoms. The highest BCUT2D eigenvalue weighted by Crippen LogP contribution is 2.24. The number of nitrogens with two attached hydrogens (primary N) is 1. The molecule has 0 atom stereocenters. The van der Waals surface area contributed by atoms with Crippen molar-refractivity contribution in [3.63, 3.8) is 0 Å². The lowest BCUT2D eigenvalue weighted by molar-refractivity contribution is 0.804. The SMILES string of the molecule is CCN(Cc1cccc(C)n1)c1cc(C)ccc1C(N)=S. The van der Waals surface area contributed by atoms with Crippen LogP contribution >= 0.6 is 12.2 Å². The maximum absolute atomic E-state index is 5.86. The first kappa shape index (κ1) is 15.4. The van der Waals surface area contributed by atoms with Gasteiger partial charge in [-0.3, -0.25) is 4.98 Å². The second kappa shape index (κ2) is 6.68. The van der Waals surface area contributed by atoms with E-state index < -0.39 is 0 Å². The summed E-state index contributed by atoms with van der Waals surface area (Å²) >= 11 is 5.18. The summed E-state index contributed by atoms with van der Waals surface area (Å²) in [6.07, 6.45) is 0. The molecule has 0 saturated carbocycles. The van der Waals surface area contributed by atoms with Gasteiger partial charge in [-0.15, -0.1) is 0 Å². The Bertz CT molecular complexity index is 652. The summed E-state index contributed by atoms with van der Waals surface area (Å²) in [6, 6.07) is 12.3. The average Bonchev–Trinajstić information content (AvgIpc) is 2.44. The molecule has 0 fully saturated rings. The van der Waals surface area contributed by atoms with Gasteiger partial charge in [0.15, 0.2) is 0 Å². The first-order valence-corrected chi connectivity index (χ1v) is 7.50. The van der Waals surface area contributed by atoms with Gasteiger partial charge in [-0.2, -0.15) is 0 Å². The third kappa shape index (κ3) is 3.79. The van der Waals surface area contributed by atoms with Gasteiger partial charge in [-0.05, 0) is 50.6 Å². The highest BCUT2D eigenvalue weighted by molar-refractivity contribution is 7.80. The predicted molar refractivity (Wildman–Crippen MR) is 92.8 cm³/mol. The number of thiocarbonyl (C=S) groups is 1. The molecule has 0 bridgehead atoms. The summed E-state index contributed by atoms with van der Waals surface area (Å²) in [5.41, 5.74) is 11.1. The van der Waals surface area contributed by atoms with Gasteiger partial charge in [0.05, 0.1) is 12.2 Å². The standard InChI is InChI=1S/C17H21N3S/c1-4-20(11-14-7-5-6-13(3)19-14)16-10-12(2)8-9-15(16)17(18)21/h5-10H,4,11H2,1-3H3,(H2,18,21). The van der Waals surface area contributed by atoms with E-state index in [1.54, 1.807) is 0 Å². The lowest BCUT2D eigenvalue weighted by atomic mass is 10.1. The number of aryl methyl sites for hydroxylation is 2. The third-order valence-corrected chi connectivity index (χ3v) is 3.66. The van der Waals surface area contributed by atoms with Gasteiger partial charge in [0, 0.05) is 23.5 Å². The number of anilines is 1. The van der Waals surface area contributed by atoms with Crippen LogP contribution < -0.4 is 10.6 Å². The second-order valence-corrected chi connectivity index (χ2v) is 5.61. The van der Waals surface area contributed by atoms with Gasteiger partial charge in [0.25, 0.3) is 0 Å². The number of pyridine rings is 1. The van der Waals surface area contributed by atoms with Gasteiger partial charge in [-0.25, -0.2) is 0 Å². The first-order valence-electron chi connectivity index (χ1n) is 7.09.